The van der Waals surface area contributed by atoms with Gasteiger partial charge in [-0.3, -0.25) is 4.79 Å². The molecule has 0 aliphatic heterocycles. The zero-order chi connectivity index (χ0) is 13.4. The van der Waals surface area contributed by atoms with E-state index in [0.717, 1.165) is 12.1 Å². The van der Waals surface area contributed by atoms with Crippen molar-refractivity contribution in [3.05, 3.63) is 45.2 Å². The van der Waals surface area contributed by atoms with E-state index in [4.69, 9.17) is 16.9 Å². The average molecular weight is 273 g/mol. The molecule has 1 aliphatic rings. The lowest BCUT2D eigenvalue weighted by atomic mass is 9.85. The highest BCUT2D eigenvalue weighted by atomic mass is 35.5. The fraction of sp³-hybridized carbons (Fsp3) is 0.333. The van der Waals surface area contributed by atoms with Gasteiger partial charge in [0.1, 0.15) is 11.6 Å². The summed E-state index contributed by atoms with van der Waals surface area (Å²) in [6.07, 6.45) is 5.41. The second kappa shape index (κ2) is 4.71. The maximum absolute atomic E-state index is 12.1. The van der Waals surface area contributed by atoms with Crippen molar-refractivity contribution in [2.24, 2.45) is 5.92 Å². The van der Waals surface area contributed by atoms with Crippen LogP contribution in [0.15, 0.2) is 29.2 Å². The Morgan fingerprint density at radius 2 is 2.21 bits per heavy atom. The van der Waals surface area contributed by atoms with Gasteiger partial charge in [0.2, 0.25) is 5.43 Å². The highest BCUT2D eigenvalue weighted by molar-refractivity contribution is 6.31. The molecular formula is C15H13ClN2O. The summed E-state index contributed by atoms with van der Waals surface area (Å²) < 4.78 is 2.02. The van der Waals surface area contributed by atoms with Crippen LogP contribution in [0.3, 0.4) is 0 Å². The Bertz CT molecular complexity index is 738. The molecule has 0 atom stereocenters. The maximum atomic E-state index is 12.1. The third-order valence-corrected chi connectivity index (χ3v) is 4.08. The van der Waals surface area contributed by atoms with Gasteiger partial charge in [-0.1, -0.05) is 18.0 Å². The smallest absolute Gasteiger partial charge is 0.207 e. The van der Waals surface area contributed by atoms with Crippen LogP contribution in [0, 0.1) is 17.2 Å². The number of aromatic nitrogens is 1. The summed E-state index contributed by atoms with van der Waals surface area (Å²) in [4.78, 5) is 12.1. The first-order valence-electron chi connectivity index (χ1n) is 6.42. The summed E-state index contributed by atoms with van der Waals surface area (Å²) in [6.45, 7) is 0.868. The van der Waals surface area contributed by atoms with Crippen LogP contribution in [-0.4, -0.2) is 4.57 Å². The molecule has 1 aliphatic carbocycles. The molecule has 3 nitrogen and oxygen atoms in total. The number of rotatable bonds is 2. The molecule has 0 unspecified atom stereocenters. The molecule has 0 spiro atoms. The van der Waals surface area contributed by atoms with Gasteiger partial charge >= 0.3 is 0 Å². The van der Waals surface area contributed by atoms with Crippen LogP contribution >= 0.6 is 11.6 Å². The van der Waals surface area contributed by atoms with Crippen LogP contribution in [0.25, 0.3) is 10.9 Å². The van der Waals surface area contributed by atoms with E-state index >= 15 is 0 Å². The van der Waals surface area contributed by atoms with E-state index in [0.29, 0.717) is 16.3 Å². The van der Waals surface area contributed by atoms with Gasteiger partial charge in [-0.05, 0) is 37.0 Å². The third kappa shape index (κ3) is 2.13. The molecule has 1 saturated carbocycles. The standard InChI is InChI=1S/C15H13ClN2O/c16-12-4-5-14-13(6-12)15(19)11(7-17)9-18(14)8-10-2-1-3-10/h4-6,9-10H,1-3,8H2. The topological polar surface area (TPSA) is 45.8 Å². The molecule has 0 amide bonds. The van der Waals surface area contributed by atoms with Crippen molar-refractivity contribution in [2.75, 3.05) is 0 Å². The fourth-order valence-electron chi connectivity index (χ4n) is 2.55. The van der Waals surface area contributed by atoms with Gasteiger partial charge in [0.25, 0.3) is 0 Å². The molecule has 0 radical (unpaired) electrons. The molecule has 4 heteroatoms. The van der Waals surface area contributed by atoms with Gasteiger partial charge in [0, 0.05) is 23.2 Å². The molecule has 1 aromatic heterocycles. The number of hydrogen-bond donors (Lipinski definition) is 0. The number of nitrogens with zero attached hydrogens (tertiary/aromatic N) is 2. The Morgan fingerprint density at radius 3 is 2.84 bits per heavy atom. The van der Waals surface area contributed by atoms with E-state index < -0.39 is 0 Å². The van der Waals surface area contributed by atoms with Crippen LogP contribution in [0.5, 0.6) is 0 Å². The maximum Gasteiger partial charge on any atom is 0.207 e. The third-order valence-electron chi connectivity index (χ3n) is 3.84. The highest BCUT2D eigenvalue weighted by Crippen LogP contribution is 2.29. The molecule has 1 fully saturated rings. The molecule has 0 bridgehead atoms. The summed E-state index contributed by atoms with van der Waals surface area (Å²) in [7, 11) is 0. The fourth-order valence-corrected chi connectivity index (χ4v) is 2.73. The van der Waals surface area contributed by atoms with E-state index in [-0.39, 0.29) is 11.0 Å². The van der Waals surface area contributed by atoms with E-state index in [1.54, 1.807) is 18.3 Å². The second-order valence-corrected chi connectivity index (χ2v) is 5.53. The molecule has 1 heterocycles. The molecule has 19 heavy (non-hydrogen) atoms. The summed E-state index contributed by atoms with van der Waals surface area (Å²) >= 11 is 5.95. The van der Waals surface area contributed by atoms with Gasteiger partial charge in [-0.25, -0.2) is 0 Å². The van der Waals surface area contributed by atoms with Crippen molar-refractivity contribution < 1.29 is 0 Å². The van der Waals surface area contributed by atoms with E-state index in [9.17, 15) is 4.79 Å². The number of nitriles is 1. The van der Waals surface area contributed by atoms with E-state index in [1.165, 1.54) is 19.3 Å². The largest absolute Gasteiger partial charge is 0.346 e. The van der Waals surface area contributed by atoms with Gasteiger partial charge in [0.05, 0.1) is 5.52 Å². The molecule has 96 valence electrons. The first-order chi connectivity index (χ1) is 9.19. The Kier molecular flexibility index (Phi) is 3.04. The zero-order valence-electron chi connectivity index (χ0n) is 10.4. The second-order valence-electron chi connectivity index (χ2n) is 5.09. The first-order valence-corrected chi connectivity index (χ1v) is 6.79. The van der Waals surface area contributed by atoms with Crippen molar-refractivity contribution in [1.29, 1.82) is 5.26 Å². The van der Waals surface area contributed by atoms with Crippen molar-refractivity contribution >= 4 is 22.5 Å². The Labute approximate surface area is 116 Å². The minimum atomic E-state index is -0.232. The van der Waals surface area contributed by atoms with Crippen LogP contribution in [0.1, 0.15) is 24.8 Å². The predicted molar refractivity (Wildman–Crippen MR) is 75.3 cm³/mol. The number of hydrogen-bond acceptors (Lipinski definition) is 2. The number of pyridine rings is 1. The lowest BCUT2D eigenvalue weighted by Crippen LogP contribution is -2.21. The average Bonchev–Trinajstić information content (AvgIpc) is 2.36. The summed E-state index contributed by atoms with van der Waals surface area (Å²) in [5.41, 5.74) is 0.819. The quantitative estimate of drug-likeness (QED) is 0.842. The summed E-state index contributed by atoms with van der Waals surface area (Å²) in [5, 5.41) is 10.1. The van der Waals surface area contributed by atoms with Crippen molar-refractivity contribution in [3.63, 3.8) is 0 Å². The summed E-state index contributed by atoms with van der Waals surface area (Å²) in [5.74, 6) is 0.660. The van der Waals surface area contributed by atoms with Crippen molar-refractivity contribution in [3.8, 4) is 6.07 Å². The van der Waals surface area contributed by atoms with Gasteiger partial charge in [-0.15, -0.1) is 0 Å². The summed E-state index contributed by atoms with van der Waals surface area (Å²) in [6, 6.07) is 7.27. The van der Waals surface area contributed by atoms with Crippen molar-refractivity contribution in [2.45, 2.75) is 25.8 Å². The Morgan fingerprint density at radius 1 is 1.42 bits per heavy atom. The van der Waals surface area contributed by atoms with Crippen molar-refractivity contribution in [1.82, 2.24) is 4.57 Å². The van der Waals surface area contributed by atoms with Crippen LogP contribution < -0.4 is 5.43 Å². The Balaban J connectivity index is 2.22. The number of fused-ring (bicyclic) bond motifs is 1. The molecule has 1 aromatic carbocycles. The SMILES string of the molecule is N#Cc1cn(CC2CCC2)c2ccc(Cl)cc2c1=O. The van der Waals surface area contributed by atoms with E-state index in [2.05, 4.69) is 0 Å². The van der Waals surface area contributed by atoms with Crippen LogP contribution in [0.2, 0.25) is 5.02 Å². The molecule has 0 N–H and O–H groups in total. The predicted octanol–water partition coefficient (Wildman–Crippen LogP) is 3.33. The molecular weight excluding hydrogens is 260 g/mol. The minimum Gasteiger partial charge on any atom is -0.346 e. The first kappa shape index (κ1) is 12.3. The number of benzene rings is 1. The lowest BCUT2D eigenvalue weighted by molar-refractivity contribution is 0.279. The van der Waals surface area contributed by atoms with Crippen LogP contribution in [0.4, 0.5) is 0 Å². The minimum absolute atomic E-state index is 0.189. The molecule has 2 aromatic rings. The number of halogens is 1. The molecule has 0 saturated heterocycles. The van der Waals surface area contributed by atoms with Gasteiger partial charge in [0.15, 0.2) is 0 Å². The van der Waals surface area contributed by atoms with E-state index in [1.807, 2.05) is 16.7 Å². The highest BCUT2D eigenvalue weighted by Gasteiger charge is 2.19. The van der Waals surface area contributed by atoms with Crippen LogP contribution in [-0.2, 0) is 6.54 Å². The van der Waals surface area contributed by atoms with Gasteiger partial charge < -0.3 is 4.57 Å². The Hall–Kier alpha value is -1.79. The molecule has 3 rings (SSSR count). The normalized spacial score (nSPS) is 15.2. The van der Waals surface area contributed by atoms with Gasteiger partial charge in [-0.2, -0.15) is 5.26 Å². The lowest BCUT2D eigenvalue weighted by Gasteiger charge is -2.27. The zero-order valence-corrected chi connectivity index (χ0v) is 11.2. The monoisotopic (exact) mass is 272 g/mol.